The molecule has 3 heteroatoms. The van der Waals surface area contributed by atoms with Crippen LogP contribution in [-0.2, 0) is 4.74 Å². The summed E-state index contributed by atoms with van der Waals surface area (Å²) in [7, 11) is 1.78. The topological polar surface area (TPSA) is 34.2 Å². The molecule has 0 aliphatic carbocycles. The van der Waals surface area contributed by atoms with Gasteiger partial charge in [-0.15, -0.1) is 0 Å². The van der Waals surface area contributed by atoms with Crippen molar-refractivity contribution in [1.82, 2.24) is 10.3 Å². The molecule has 0 radical (unpaired) electrons. The highest BCUT2D eigenvalue weighted by molar-refractivity contribution is 5.85. The van der Waals surface area contributed by atoms with E-state index in [4.69, 9.17) is 4.74 Å². The zero-order valence-electron chi connectivity index (χ0n) is 12.8. The SMILES string of the molecule is CCNC(c1cncc2ccccc12)C(C)(CC)OC. The van der Waals surface area contributed by atoms with Crippen LogP contribution < -0.4 is 5.32 Å². The Kier molecular flexibility index (Phi) is 4.73. The van der Waals surface area contributed by atoms with E-state index in [1.54, 1.807) is 7.11 Å². The molecule has 0 spiro atoms. The first kappa shape index (κ1) is 14.9. The van der Waals surface area contributed by atoms with Gasteiger partial charge in [0.2, 0.25) is 0 Å². The van der Waals surface area contributed by atoms with E-state index in [9.17, 15) is 0 Å². The molecule has 2 aromatic rings. The largest absolute Gasteiger partial charge is 0.377 e. The van der Waals surface area contributed by atoms with Gasteiger partial charge in [0.15, 0.2) is 0 Å². The summed E-state index contributed by atoms with van der Waals surface area (Å²) in [4.78, 5) is 4.40. The molecule has 1 N–H and O–H groups in total. The smallest absolute Gasteiger partial charge is 0.0842 e. The molecular weight excluding hydrogens is 248 g/mol. The molecule has 1 aromatic carbocycles. The molecule has 0 bridgehead atoms. The summed E-state index contributed by atoms with van der Waals surface area (Å²) >= 11 is 0. The maximum absolute atomic E-state index is 5.81. The van der Waals surface area contributed by atoms with Crippen molar-refractivity contribution in [3.8, 4) is 0 Å². The minimum absolute atomic E-state index is 0.126. The van der Waals surface area contributed by atoms with Gasteiger partial charge in [-0.25, -0.2) is 0 Å². The Hall–Kier alpha value is -1.45. The molecule has 1 heterocycles. The fourth-order valence-corrected chi connectivity index (χ4v) is 2.70. The first-order valence-corrected chi connectivity index (χ1v) is 7.27. The van der Waals surface area contributed by atoms with Gasteiger partial charge < -0.3 is 10.1 Å². The van der Waals surface area contributed by atoms with E-state index in [-0.39, 0.29) is 11.6 Å². The number of pyridine rings is 1. The maximum atomic E-state index is 5.81. The lowest BCUT2D eigenvalue weighted by atomic mass is 9.86. The average Bonchev–Trinajstić information content (AvgIpc) is 2.51. The molecule has 0 aliphatic heterocycles. The second kappa shape index (κ2) is 6.33. The quantitative estimate of drug-likeness (QED) is 0.870. The van der Waals surface area contributed by atoms with Crippen LogP contribution in [0.25, 0.3) is 10.8 Å². The highest BCUT2D eigenvalue weighted by Gasteiger charge is 2.34. The number of benzene rings is 1. The Morgan fingerprint density at radius 1 is 1.25 bits per heavy atom. The number of fused-ring (bicyclic) bond motifs is 1. The first-order chi connectivity index (χ1) is 9.66. The van der Waals surface area contributed by atoms with Crippen LogP contribution in [0.4, 0.5) is 0 Å². The van der Waals surface area contributed by atoms with Crippen LogP contribution >= 0.6 is 0 Å². The van der Waals surface area contributed by atoms with Gasteiger partial charge in [-0.3, -0.25) is 4.98 Å². The lowest BCUT2D eigenvalue weighted by molar-refractivity contribution is -0.0292. The first-order valence-electron chi connectivity index (χ1n) is 7.27. The molecule has 0 amide bonds. The second-order valence-electron chi connectivity index (χ2n) is 5.31. The van der Waals surface area contributed by atoms with Crippen molar-refractivity contribution in [2.75, 3.05) is 13.7 Å². The third-order valence-electron chi connectivity index (χ3n) is 4.20. The van der Waals surface area contributed by atoms with Gasteiger partial charge in [0, 0.05) is 24.9 Å². The molecule has 0 aliphatic rings. The van der Waals surface area contributed by atoms with Gasteiger partial charge >= 0.3 is 0 Å². The van der Waals surface area contributed by atoms with Gasteiger partial charge in [0.05, 0.1) is 11.6 Å². The Bertz CT molecular complexity index is 558. The summed E-state index contributed by atoms with van der Waals surface area (Å²) < 4.78 is 5.81. The summed E-state index contributed by atoms with van der Waals surface area (Å²) in [6.45, 7) is 7.33. The van der Waals surface area contributed by atoms with E-state index >= 15 is 0 Å². The molecule has 3 nitrogen and oxygen atoms in total. The number of likely N-dealkylation sites (N-methyl/N-ethyl adjacent to an activating group) is 1. The minimum Gasteiger partial charge on any atom is -0.377 e. The van der Waals surface area contributed by atoms with Gasteiger partial charge in [-0.2, -0.15) is 0 Å². The number of hydrogen-bond acceptors (Lipinski definition) is 3. The Morgan fingerprint density at radius 3 is 2.65 bits per heavy atom. The number of methoxy groups -OCH3 is 1. The number of nitrogens with one attached hydrogen (secondary N) is 1. The Balaban J connectivity index is 2.57. The van der Waals surface area contributed by atoms with Crippen LogP contribution in [0.1, 0.15) is 38.8 Å². The number of aromatic nitrogens is 1. The van der Waals surface area contributed by atoms with Crippen molar-refractivity contribution in [3.63, 3.8) is 0 Å². The molecule has 1 aromatic heterocycles. The van der Waals surface area contributed by atoms with Crippen LogP contribution in [0.2, 0.25) is 0 Å². The Labute approximate surface area is 121 Å². The van der Waals surface area contributed by atoms with Gasteiger partial charge in [-0.1, -0.05) is 38.1 Å². The predicted octanol–water partition coefficient (Wildman–Crippen LogP) is 3.70. The molecule has 0 fully saturated rings. The molecule has 2 unspecified atom stereocenters. The predicted molar refractivity (Wildman–Crippen MR) is 83.9 cm³/mol. The Morgan fingerprint density at radius 2 is 2.00 bits per heavy atom. The second-order valence-corrected chi connectivity index (χ2v) is 5.31. The van der Waals surface area contributed by atoms with E-state index in [0.29, 0.717) is 0 Å². The number of ether oxygens (including phenoxy) is 1. The van der Waals surface area contributed by atoms with Gasteiger partial charge in [0.1, 0.15) is 0 Å². The van der Waals surface area contributed by atoms with Crippen LogP contribution in [0.15, 0.2) is 36.7 Å². The summed E-state index contributed by atoms with van der Waals surface area (Å²) in [5.74, 6) is 0. The molecule has 0 saturated heterocycles. The highest BCUT2D eigenvalue weighted by Crippen LogP contribution is 2.34. The van der Waals surface area contributed by atoms with E-state index < -0.39 is 0 Å². The number of hydrogen-bond donors (Lipinski definition) is 1. The van der Waals surface area contributed by atoms with Crippen LogP contribution in [-0.4, -0.2) is 24.2 Å². The zero-order chi connectivity index (χ0) is 14.6. The fourth-order valence-electron chi connectivity index (χ4n) is 2.70. The lowest BCUT2D eigenvalue weighted by Gasteiger charge is -2.37. The zero-order valence-corrected chi connectivity index (χ0v) is 12.8. The number of rotatable bonds is 6. The van der Waals surface area contributed by atoms with Crippen LogP contribution in [0.5, 0.6) is 0 Å². The third-order valence-corrected chi connectivity index (χ3v) is 4.20. The van der Waals surface area contributed by atoms with Gasteiger partial charge in [0.25, 0.3) is 0 Å². The van der Waals surface area contributed by atoms with Crippen molar-refractivity contribution >= 4 is 10.8 Å². The molecule has 0 saturated carbocycles. The van der Waals surface area contributed by atoms with Crippen molar-refractivity contribution in [2.24, 2.45) is 0 Å². The standard InChI is InChI=1S/C17H24N2O/c1-5-17(3,20-4)16(19-6-2)15-12-18-11-13-9-7-8-10-14(13)15/h7-12,16,19H,5-6H2,1-4H3. The van der Waals surface area contributed by atoms with E-state index in [2.05, 4.69) is 49.3 Å². The fraction of sp³-hybridized carbons (Fsp3) is 0.471. The minimum atomic E-state index is -0.248. The lowest BCUT2D eigenvalue weighted by Crippen LogP contribution is -2.43. The molecule has 20 heavy (non-hydrogen) atoms. The normalized spacial score (nSPS) is 16.0. The summed E-state index contributed by atoms with van der Waals surface area (Å²) in [6.07, 6.45) is 4.81. The van der Waals surface area contributed by atoms with Gasteiger partial charge in [-0.05, 0) is 30.8 Å². The molecule has 2 rings (SSSR count). The van der Waals surface area contributed by atoms with Crippen molar-refractivity contribution in [1.29, 1.82) is 0 Å². The summed E-state index contributed by atoms with van der Waals surface area (Å²) in [6, 6.07) is 8.50. The average molecular weight is 272 g/mol. The summed E-state index contributed by atoms with van der Waals surface area (Å²) in [5.41, 5.74) is 0.957. The summed E-state index contributed by atoms with van der Waals surface area (Å²) in [5, 5.41) is 5.98. The third kappa shape index (κ3) is 2.69. The number of nitrogens with zero attached hydrogens (tertiary/aromatic N) is 1. The highest BCUT2D eigenvalue weighted by atomic mass is 16.5. The van der Waals surface area contributed by atoms with Crippen molar-refractivity contribution in [2.45, 2.75) is 38.8 Å². The molecular formula is C17H24N2O. The van der Waals surface area contributed by atoms with E-state index in [0.717, 1.165) is 13.0 Å². The van der Waals surface area contributed by atoms with E-state index in [1.165, 1.54) is 16.3 Å². The van der Waals surface area contributed by atoms with Crippen molar-refractivity contribution < 1.29 is 4.74 Å². The monoisotopic (exact) mass is 272 g/mol. The van der Waals surface area contributed by atoms with Crippen LogP contribution in [0.3, 0.4) is 0 Å². The van der Waals surface area contributed by atoms with Crippen LogP contribution in [0, 0.1) is 0 Å². The maximum Gasteiger partial charge on any atom is 0.0842 e. The van der Waals surface area contributed by atoms with E-state index in [1.807, 2.05) is 18.5 Å². The molecule has 2 atom stereocenters. The van der Waals surface area contributed by atoms with Crippen molar-refractivity contribution in [3.05, 3.63) is 42.2 Å². The molecule has 108 valence electrons.